The van der Waals surface area contributed by atoms with E-state index < -0.39 is 0 Å². The third kappa shape index (κ3) is 3.66. The molecule has 0 fully saturated rings. The number of methoxy groups -OCH3 is 1. The first kappa shape index (κ1) is 13.3. The highest BCUT2D eigenvalue weighted by Crippen LogP contribution is 2.16. The Hall–Kier alpha value is -2.13. The largest absolute Gasteiger partial charge is 0.497 e. The minimum atomic E-state index is -0.219. The van der Waals surface area contributed by atoms with Crippen LogP contribution in [0.2, 0.25) is 0 Å². The molecule has 0 bridgehead atoms. The fourth-order valence-electron chi connectivity index (χ4n) is 1.78. The molecule has 0 aliphatic heterocycles. The van der Waals surface area contributed by atoms with Crippen molar-refractivity contribution < 1.29 is 9.84 Å². The molecule has 3 nitrogen and oxygen atoms in total. The lowest BCUT2D eigenvalue weighted by Crippen LogP contribution is -2.01. The van der Waals surface area contributed by atoms with Gasteiger partial charge in [-0.1, -0.05) is 30.3 Å². The molecular weight excluding hydrogens is 238 g/mol. The Balaban J connectivity index is 2.11. The summed E-state index contributed by atoms with van der Waals surface area (Å²) in [6, 6.07) is 17.2. The summed E-state index contributed by atoms with van der Waals surface area (Å²) in [5, 5.41) is 9.41. The number of aliphatic imine (C=N–C) groups is 1. The first-order chi connectivity index (χ1) is 9.33. The van der Waals surface area contributed by atoms with Crippen molar-refractivity contribution in [1.29, 1.82) is 0 Å². The lowest BCUT2D eigenvalue weighted by atomic mass is 10.1. The van der Waals surface area contributed by atoms with Crippen molar-refractivity contribution in [1.82, 2.24) is 0 Å². The summed E-state index contributed by atoms with van der Waals surface area (Å²) in [5.74, 6) is 0.818. The molecule has 19 heavy (non-hydrogen) atoms. The van der Waals surface area contributed by atoms with E-state index >= 15 is 0 Å². The topological polar surface area (TPSA) is 41.8 Å². The average Bonchev–Trinajstić information content (AvgIpc) is 2.49. The number of benzene rings is 2. The van der Waals surface area contributed by atoms with Crippen LogP contribution in [0.25, 0.3) is 0 Å². The van der Waals surface area contributed by atoms with Crippen LogP contribution in [-0.4, -0.2) is 25.0 Å². The number of aliphatic hydroxyl groups is 1. The first-order valence-electron chi connectivity index (χ1n) is 6.16. The normalized spacial score (nSPS) is 12.5. The van der Waals surface area contributed by atoms with Gasteiger partial charge in [-0.15, -0.1) is 0 Å². The summed E-state index contributed by atoms with van der Waals surface area (Å²) in [5.41, 5.74) is 1.99. The second kappa shape index (κ2) is 6.71. The number of rotatable bonds is 5. The monoisotopic (exact) mass is 255 g/mol. The van der Waals surface area contributed by atoms with Crippen LogP contribution in [0.1, 0.15) is 17.2 Å². The van der Waals surface area contributed by atoms with Gasteiger partial charge in [0.2, 0.25) is 0 Å². The molecule has 0 unspecified atom stereocenters. The molecule has 2 aromatic rings. The summed E-state index contributed by atoms with van der Waals surface area (Å²) in [4.78, 5) is 4.42. The van der Waals surface area contributed by atoms with E-state index in [0.717, 1.165) is 16.9 Å². The Bertz CT molecular complexity index is 520. The molecule has 98 valence electrons. The van der Waals surface area contributed by atoms with Gasteiger partial charge in [0.15, 0.2) is 0 Å². The van der Waals surface area contributed by atoms with Crippen LogP contribution in [0.3, 0.4) is 0 Å². The van der Waals surface area contributed by atoms with E-state index in [4.69, 9.17) is 4.74 Å². The van der Waals surface area contributed by atoms with Gasteiger partial charge in [0, 0.05) is 6.21 Å². The van der Waals surface area contributed by atoms with Crippen LogP contribution in [0.5, 0.6) is 5.75 Å². The van der Waals surface area contributed by atoms with Crippen LogP contribution >= 0.6 is 0 Å². The highest BCUT2D eigenvalue weighted by molar-refractivity contribution is 5.80. The maximum Gasteiger partial charge on any atom is 0.118 e. The smallest absolute Gasteiger partial charge is 0.118 e. The van der Waals surface area contributed by atoms with Crippen molar-refractivity contribution in [2.24, 2.45) is 4.99 Å². The highest BCUT2D eigenvalue weighted by Gasteiger charge is 2.06. The molecular formula is C16H17NO2. The van der Waals surface area contributed by atoms with Gasteiger partial charge in [-0.2, -0.15) is 0 Å². The summed E-state index contributed by atoms with van der Waals surface area (Å²) in [7, 11) is 1.64. The minimum absolute atomic E-state index is 0.00331. The van der Waals surface area contributed by atoms with Crippen molar-refractivity contribution in [3.63, 3.8) is 0 Å². The highest BCUT2D eigenvalue weighted by atomic mass is 16.5. The van der Waals surface area contributed by atoms with Crippen molar-refractivity contribution in [2.75, 3.05) is 13.7 Å². The number of ether oxygens (including phenoxy) is 1. The summed E-state index contributed by atoms with van der Waals surface area (Å²) < 4.78 is 5.10. The molecule has 3 heteroatoms. The third-order valence-corrected chi connectivity index (χ3v) is 2.88. The zero-order valence-corrected chi connectivity index (χ0v) is 10.9. The number of aliphatic hydroxyl groups excluding tert-OH is 1. The van der Waals surface area contributed by atoms with E-state index in [2.05, 4.69) is 4.99 Å². The van der Waals surface area contributed by atoms with Gasteiger partial charge >= 0.3 is 0 Å². The van der Waals surface area contributed by atoms with Gasteiger partial charge in [-0.3, -0.25) is 4.99 Å². The quantitative estimate of drug-likeness (QED) is 0.835. The number of hydrogen-bond acceptors (Lipinski definition) is 3. The molecule has 0 aliphatic rings. The van der Waals surface area contributed by atoms with E-state index in [1.54, 1.807) is 13.3 Å². The number of hydrogen-bond donors (Lipinski definition) is 1. The molecule has 2 rings (SSSR count). The predicted molar refractivity (Wildman–Crippen MR) is 76.9 cm³/mol. The lowest BCUT2D eigenvalue weighted by Gasteiger charge is -2.09. The Morgan fingerprint density at radius 2 is 1.79 bits per heavy atom. The van der Waals surface area contributed by atoms with Crippen molar-refractivity contribution >= 4 is 6.21 Å². The van der Waals surface area contributed by atoms with Gasteiger partial charge in [0.05, 0.1) is 19.8 Å². The van der Waals surface area contributed by atoms with E-state index in [1.807, 2.05) is 54.6 Å². The van der Waals surface area contributed by atoms with Gasteiger partial charge in [0.1, 0.15) is 5.75 Å². The molecule has 1 N–H and O–H groups in total. The lowest BCUT2D eigenvalue weighted by molar-refractivity contribution is 0.269. The van der Waals surface area contributed by atoms with Crippen LogP contribution in [0.15, 0.2) is 59.6 Å². The second-order valence-electron chi connectivity index (χ2n) is 4.16. The van der Waals surface area contributed by atoms with Gasteiger partial charge in [-0.25, -0.2) is 0 Å². The van der Waals surface area contributed by atoms with E-state index in [1.165, 1.54) is 0 Å². The predicted octanol–water partition coefficient (Wildman–Crippen LogP) is 2.85. The molecule has 0 saturated heterocycles. The maximum absolute atomic E-state index is 9.41. The molecule has 1 atom stereocenters. The fourth-order valence-corrected chi connectivity index (χ4v) is 1.78. The number of nitrogens with zero attached hydrogens (tertiary/aromatic N) is 1. The zero-order chi connectivity index (χ0) is 13.5. The second-order valence-corrected chi connectivity index (χ2v) is 4.16. The summed E-state index contributed by atoms with van der Waals surface area (Å²) >= 11 is 0. The van der Waals surface area contributed by atoms with Gasteiger partial charge in [-0.05, 0) is 35.4 Å². The average molecular weight is 255 g/mol. The Labute approximate surface area is 113 Å². The Morgan fingerprint density at radius 1 is 1.11 bits per heavy atom. The molecule has 0 heterocycles. The summed E-state index contributed by atoms with van der Waals surface area (Å²) in [6.07, 6.45) is 1.77. The summed E-state index contributed by atoms with van der Waals surface area (Å²) in [6.45, 7) is -0.00331. The van der Waals surface area contributed by atoms with Crippen LogP contribution in [0.4, 0.5) is 0 Å². The maximum atomic E-state index is 9.41. The van der Waals surface area contributed by atoms with E-state index in [0.29, 0.717) is 0 Å². The molecule has 2 aromatic carbocycles. The Kier molecular flexibility index (Phi) is 4.70. The molecule has 0 aromatic heterocycles. The minimum Gasteiger partial charge on any atom is -0.497 e. The zero-order valence-electron chi connectivity index (χ0n) is 10.9. The Morgan fingerprint density at radius 3 is 2.37 bits per heavy atom. The third-order valence-electron chi connectivity index (χ3n) is 2.88. The van der Waals surface area contributed by atoms with Crippen LogP contribution in [0, 0.1) is 0 Å². The van der Waals surface area contributed by atoms with Crippen LogP contribution < -0.4 is 4.74 Å². The standard InChI is InChI=1S/C16H17NO2/c1-19-15-9-7-13(8-10-15)11-17-16(12-18)14-5-3-2-4-6-14/h2-11,16,18H,12H2,1H3/b17-11+/t16-/m0/s1. The van der Waals surface area contributed by atoms with E-state index in [9.17, 15) is 5.11 Å². The molecule has 0 radical (unpaired) electrons. The molecule has 0 spiro atoms. The van der Waals surface area contributed by atoms with Crippen molar-refractivity contribution in [3.8, 4) is 5.75 Å². The van der Waals surface area contributed by atoms with Crippen molar-refractivity contribution in [3.05, 3.63) is 65.7 Å². The van der Waals surface area contributed by atoms with Crippen molar-refractivity contribution in [2.45, 2.75) is 6.04 Å². The SMILES string of the molecule is COc1ccc(/C=N/[C@@H](CO)c2ccccc2)cc1. The molecule has 0 aliphatic carbocycles. The van der Waals surface area contributed by atoms with Gasteiger partial charge in [0.25, 0.3) is 0 Å². The first-order valence-corrected chi connectivity index (χ1v) is 6.16. The molecule has 0 saturated carbocycles. The van der Waals surface area contributed by atoms with Gasteiger partial charge < -0.3 is 9.84 Å². The van der Waals surface area contributed by atoms with E-state index in [-0.39, 0.29) is 12.6 Å². The molecule has 0 amide bonds. The fraction of sp³-hybridized carbons (Fsp3) is 0.188. The van der Waals surface area contributed by atoms with Crippen LogP contribution in [-0.2, 0) is 0 Å².